The minimum absolute atomic E-state index is 0.280. The normalized spacial score (nSPS) is 11.0. The van der Waals surface area contributed by atoms with E-state index in [-0.39, 0.29) is 12.5 Å². The van der Waals surface area contributed by atoms with Gasteiger partial charge in [0.2, 0.25) is 0 Å². The summed E-state index contributed by atoms with van der Waals surface area (Å²) < 4.78 is 10.6. The maximum Gasteiger partial charge on any atom is 0.331 e. The summed E-state index contributed by atoms with van der Waals surface area (Å²) >= 11 is 0. The van der Waals surface area contributed by atoms with Crippen molar-refractivity contribution in [2.24, 2.45) is 0 Å². The number of amides is 1. The van der Waals surface area contributed by atoms with E-state index in [2.05, 4.69) is 12.2 Å². The van der Waals surface area contributed by atoms with Crippen molar-refractivity contribution in [3.63, 3.8) is 0 Å². The average Bonchev–Trinajstić information content (AvgIpc) is 2.52. The Hall–Kier alpha value is -2.04. The first-order valence-corrected chi connectivity index (χ1v) is 8.13. The molecule has 0 fully saturated rings. The second kappa shape index (κ2) is 9.18. The van der Waals surface area contributed by atoms with Crippen molar-refractivity contribution in [3.8, 4) is 5.75 Å². The highest BCUT2D eigenvalue weighted by Gasteiger charge is 2.31. The van der Waals surface area contributed by atoms with Crippen LogP contribution in [0.5, 0.6) is 5.75 Å². The van der Waals surface area contributed by atoms with Crippen LogP contribution in [0, 0.1) is 0 Å². The molecule has 1 aromatic carbocycles. The first-order chi connectivity index (χ1) is 10.9. The van der Waals surface area contributed by atoms with Crippen LogP contribution in [0.25, 0.3) is 0 Å². The first kappa shape index (κ1) is 19.0. The lowest BCUT2D eigenvalue weighted by Crippen LogP contribution is -2.50. The van der Waals surface area contributed by atoms with Crippen LogP contribution in [-0.2, 0) is 9.53 Å². The number of nitrogens with one attached hydrogen (secondary N) is 1. The summed E-state index contributed by atoms with van der Waals surface area (Å²) in [5.41, 5.74) is -0.592. The third-order valence-corrected chi connectivity index (χ3v) is 3.34. The van der Waals surface area contributed by atoms with E-state index in [9.17, 15) is 9.59 Å². The van der Waals surface area contributed by atoms with Gasteiger partial charge in [-0.3, -0.25) is 4.79 Å². The van der Waals surface area contributed by atoms with Crippen molar-refractivity contribution < 1.29 is 19.1 Å². The molecule has 1 rings (SSSR count). The van der Waals surface area contributed by atoms with E-state index in [0.29, 0.717) is 12.2 Å². The van der Waals surface area contributed by atoms with Crippen LogP contribution in [0.4, 0.5) is 0 Å². The Morgan fingerprint density at radius 2 is 1.74 bits per heavy atom. The SMILES string of the molecule is CCCCCOc1ccc(C(=O)NC(C)(C)C(=O)OCC)cc1. The molecule has 0 aromatic heterocycles. The molecule has 0 aliphatic carbocycles. The summed E-state index contributed by atoms with van der Waals surface area (Å²) in [5, 5.41) is 2.68. The van der Waals surface area contributed by atoms with E-state index in [1.54, 1.807) is 45.0 Å². The number of ether oxygens (including phenoxy) is 2. The predicted octanol–water partition coefficient (Wildman–Crippen LogP) is 3.33. The van der Waals surface area contributed by atoms with Crippen molar-refractivity contribution in [1.82, 2.24) is 5.32 Å². The molecule has 0 saturated heterocycles. The number of rotatable bonds is 9. The monoisotopic (exact) mass is 321 g/mol. The van der Waals surface area contributed by atoms with Crippen LogP contribution in [0.1, 0.15) is 57.3 Å². The molecular weight excluding hydrogens is 294 g/mol. The van der Waals surface area contributed by atoms with Gasteiger partial charge < -0.3 is 14.8 Å². The van der Waals surface area contributed by atoms with Crippen LogP contribution in [0.15, 0.2) is 24.3 Å². The molecule has 5 heteroatoms. The molecular formula is C18H27NO4. The van der Waals surface area contributed by atoms with Gasteiger partial charge in [0.15, 0.2) is 0 Å². The Kier molecular flexibility index (Phi) is 7.59. The third kappa shape index (κ3) is 6.30. The van der Waals surface area contributed by atoms with Crippen molar-refractivity contribution >= 4 is 11.9 Å². The lowest BCUT2D eigenvalue weighted by Gasteiger charge is -2.23. The Morgan fingerprint density at radius 3 is 2.30 bits per heavy atom. The minimum Gasteiger partial charge on any atom is -0.494 e. The van der Waals surface area contributed by atoms with Gasteiger partial charge in [0.1, 0.15) is 11.3 Å². The van der Waals surface area contributed by atoms with E-state index in [0.717, 1.165) is 25.0 Å². The average molecular weight is 321 g/mol. The van der Waals surface area contributed by atoms with Crippen LogP contribution >= 0.6 is 0 Å². The quantitative estimate of drug-likeness (QED) is 0.560. The Labute approximate surface area is 138 Å². The first-order valence-electron chi connectivity index (χ1n) is 8.13. The molecule has 0 unspecified atom stereocenters. The predicted molar refractivity (Wildman–Crippen MR) is 89.6 cm³/mol. The highest BCUT2D eigenvalue weighted by Crippen LogP contribution is 2.14. The summed E-state index contributed by atoms with van der Waals surface area (Å²) in [6, 6.07) is 6.90. The number of hydrogen-bond acceptors (Lipinski definition) is 4. The van der Waals surface area contributed by atoms with E-state index in [1.807, 2.05) is 0 Å². The van der Waals surface area contributed by atoms with Gasteiger partial charge in [-0.1, -0.05) is 19.8 Å². The molecule has 1 N–H and O–H groups in total. The molecule has 1 amide bonds. The molecule has 0 atom stereocenters. The zero-order valence-electron chi connectivity index (χ0n) is 14.5. The largest absolute Gasteiger partial charge is 0.494 e. The maximum atomic E-state index is 12.2. The second-order valence-electron chi connectivity index (χ2n) is 5.88. The van der Waals surface area contributed by atoms with Crippen LogP contribution in [-0.4, -0.2) is 30.6 Å². The van der Waals surface area contributed by atoms with Gasteiger partial charge in [-0.25, -0.2) is 4.79 Å². The topological polar surface area (TPSA) is 64.6 Å². The fourth-order valence-electron chi connectivity index (χ4n) is 1.96. The number of benzene rings is 1. The zero-order chi connectivity index (χ0) is 17.3. The highest BCUT2D eigenvalue weighted by atomic mass is 16.5. The van der Waals surface area contributed by atoms with Crippen LogP contribution in [0.2, 0.25) is 0 Å². The van der Waals surface area contributed by atoms with Gasteiger partial charge in [0.05, 0.1) is 13.2 Å². The lowest BCUT2D eigenvalue weighted by atomic mass is 10.0. The van der Waals surface area contributed by atoms with Gasteiger partial charge >= 0.3 is 5.97 Å². The molecule has 0 heterocycles. The third-order valence-electron chi connectivity index (χ3n) is 3.34. The second-order valence-corrected chi connectivity index (χ2v) is 5.88. The summed E-state index contributed by atoms with van der Waals surface area (Å²) in [5.74, 6) is -0.0351. The van der Waals surface area contributed by atoms with Crippen molar-refractivity contribution in [3.05, 3.63) is 29.8 Å². The standard InChI is InChI=1S/C18H27NO4/c1-5-7-8-13-23-15-11-9-14(10-12-15)16(20)19-18(3,4)17(21)22-6-2/h9-12H,5-8,13H2,1-4H3,(H,19,20). The van der Waals surface area contributed by atoms with Crippen molar-refractivity contribution in [1.29, 1.82) is 0 Å². The number of carbonyl (C=O) groups excluding carboxylic acids is 2. The molecule has 128 valence electrons. The zero-order valence-corrected chi connectivity index (χ0v) is 14.5. The van der Waals surface area contributed by atoms with E-state index in [4.69, 9.17) is 9.47 Å². The summed E-state index contributed by atoms with van der Waals surface area (Å²) in [7, 11) is 0. The molecule has 23 heavy (non-hydrogen) atoms. The fourth-order valence-corrected chi connectivity index (χ4v) is 1.96. The minimum atomic E-state index is -1.07. The molecule has 0 aliphatic rings. The van der Waals surface area contributed by atoms with Crippen molar-refractivity contribution in [2.45, 2.75) is 52.5 Å². The molecule has 0 saturated carbocycles. The Balaban J connectivity index is 2.58. The van der Waals surface area contributed by atoms with Crippen molar-refractivity contribution in [2.75, 3.05) is 13.2 Å². The van der Waals surface area contributed by atoms with Crippen LogP contribution < -0.4 is 10.1 Å². The molecule has 5 nitrogen and oxygen atoms in total. The number of hydrogen-bond donors (Lipinski definition) is 1. The van der Waals surface area contributed by atoms with E-state index >= 15 is 0 Å². The maximum absolute atomic E-state index is 12.2. The van der Waals surface area contributed by atoms with Crippen LogP contribution in [0.3, 0.4) is 0 Å². The van der Waals surface area contributed by atoms with Gasteiger partial charge in [0.25, 0.3) is 5.91 Å². The Bertz CT molecular complexity index is 508. The number of esters is 1. The lowest BCUT2D eigenvalue weighted by molar-refractivity contribution is -0.149. The van der Waals surface area contributed by atoms with E-state index < -0.39 is 11.5 Å². The summed E-state index contributed by atoms with van der Waals surface area (Å²) in [4.78, 5) is 24.0. The van der Waals surface area contributed by atoms with Gasteiger partial charge in [-0.15, -0.1) is 0 Å². The van der Waals surface area contributed by atoms with Gasteiger partial charge in [-0.2, -0.15) is 0 Å². The van der Waals surface area contributed by atoms with Gasteiger partial charge in [-0.05, 0) is 51.5 Å². The fraction of sp³-hybridized carbons (Fsp3) is 0.556. The molecule has 0 aliphatic heterocycles. The summed E-state index contributed by atoms with van der Waals surface area (Å²) in [6.45, 7) is 8.07. The molecule has 0 bridgehead atoms. The van der Waals surface area contributed by atoms with Gasteiger partial charge in [0, 0.05) is 5.56 Å². The molecule has 1 aromatic rings. The molecule has 0 radical (unpaired) electrons. The number of unbranched alkanes of at least 4 members (excludes halogenated alkanes) is 2. The summed E-state index contributed by atoms with van der Waals surface area (Å²) in [6.07, 6.45) is 3.31. The highest BCUT2D eigenvalue weighted by molar-refractivity contribution is 5.97. The smallest absolute Gasteiger partial charge is 0.331 e. The Morgan fingerprint density at radius 1 is 1.09 bits per heavy atom. The molecule has 0 spiro atoms. The number of carbonyl (C=O) groups is 2. The van der Waals surface area contributed by atoms with E-state index in [1.165, 1.54) is 0 Å².